The lowest BCUT2D eigenvalue weighted by Gasteiger charge is -2.32. The number of H-pyrrole nitrogens is 1. The number of aromatic amines is 1. The summed E-state index contributed by atoms with van der Waals surface area (Å²) < 4.78 is 0.669. The fraction of sp³-hybridized carbons (Fsp3) is 0.300. The molecule has 0 saturated heterocycles. The Kier molecular flexibility index (Phi) is 4.55. The summed E-state index contributed by atoms with van der Waals surface area (Å²) in [4.78, 5) is 16.4. The highest BCUT2D eigenvalue weighted by Gasteiger charge is 2.38. The Morgan fingerprint density at radius 1 is 1.33 bits per heavy atom. The second kappa shape index (κ2) is 7.02. The van der Waals surface area contributed by atoms with Crippen molar-refractivity contribution in [3.8, 4) is 6.07 Å². The summed E-state index contributed by atoms with van der Waals surface area (Å²) in [7, 11) is 0. The van der Waals surface area contributed by atoms with E-state index in [2.05, 4.69) is 42.4 Å². The number of hydrogen-bond acceptors (Lipinski definition) is 4. The highest BCUT2D eigenvalue weighted by molar-refractivity contribution is 9.10. The molecule has 6 nitrogen and oxygen atoms in total. The number of nitrogens with one attached hydrogen (secondary N) is 2. The average molecular weight is 422 g/mol. The lowest BCUT2D eigenvalue weighted by Crippen LogP contribution is -2.29. The van der Waals surface area contributed by atoms with Crippen LogP contribution in [-0.2, 0) is 4.79 Å². The molecule has 4 rings (SSSR count). The summed E-state index contributed by atoms with van der Waals surface area (Å²) in [5.41, 5.74) is 3.34. The van der Waals surface area contributed by atoms with E-state index in [-0.39, 0.29) is 17.6 Å². The van der Waals surface area contributed by atoms with E-state index in [1.54, 1.807) is 12.3 Å². The minimum atomic E-state index is -0.384. The summed E-state index contributed by atoms with van der Waals surface area (Å²) in [5, 5.41) is 19.7. The zero-order valence-electron chi connectivity index (χ0n) is 14.4. The van der Waals surface area contributed by atoms with Crippen molar-refractivity contribution in [2.75, 3.05) is 5.32 Å². The first-order chi connectivity index (χ1) is 13.2. The zero-order valence-corrected chi connectivity index (χ0v) is 16.0. The Labute approximate surface area is 165 Å². The Morgan fingerprint density at radius 3 is 2.93 bits per heavy atom. The number of aromatic nitrogens is 2. The van der Waals surface area contributed by atoms with E-state index in [0.717, 1.165) is 30.4 Å². The first kappa shape index (κ1) is 17.5. The van der Waals surface area contributed by atoms with Gasteiger partial charge in [-0.3, -0.25) is 9.89 Å². The number of nitriles is 1. The fourth-order valence-electron chi connectivity index (χ4n) is 3.97. The van der Waals surface area contributed by atoms with Crippen molar-refractivity contribution in [3.05, 3.63) is 68.4 Å². The topological polar surface area (TPSA) is 85.9 Å². The zero-order chi connectivity index (χ0) is 19.0. The first-order valence-corrected chi connectivity index (χ1v) is 9.58. The van der Waals surface area contributed by atoms with E-state index in [9.17, 15) is 10.1 Å². The third-order valence-electron chi connectivity index (χ3n) is 5.27. The molecule has 1 saturated carbocycles. The van der Waals surface area contributed by atoms with Gasteiger partial charge in [0.15, 0.2) is 5.70 Å². The van der Waals surface area contributed by atoms with E-state index in [1.807, 2.05) is 12.1 Å². The molecular formula is C20H16BrN5O. The van der Waals surface area contributed by atoms with Crippen LogP contribution in [-0.4, -0.2) is 16.0 Å². The number of rotatable bonds is 2. The number of fused-ring (bicyclic) bond motifs is 1. The smallest absolute Gasteiger partial charge is 0.196 e. The molecule has 2 unspecified atom stereocenters. The minimum absolute atomic E-state index is 0.177. The maximum atomic E-state index is 12.6. The molecule has 1 aliphatic carbocycles. The quantitative estimate of drug-likeness (QED) is 0.699. The number of nitrogens with zero attached hydrogens (tertiary/aromatic N) is 3. The average Bonchev–Trinajstić information content (AvgIpc) is 3.15. The molecule has 2 N–H and O–H groups in total. The second-order valence-corrected chi connectivity index (χ2v) is 7.55. The molecule has 2 aliphatic rings. The number of carbonyl (C=O) groups excluding carboxylic acids is 1. The lowest BCUT2D eigenvalue weighted by molar-refractivity contribution is -0.123. The summed E-state index contributed by atoms with van der Waals surface area (Å²) in [5.74, 6) is 0.205. The van der Waals surface area contributed by atoms with E-state index < -0.39 is 0 Å². The van der Waals surface area contributed by atoms with Gasteiger partial charge in [-0.05, 0) is 40.4 Å². The molecule has 0 bridgehead atoms. The summed E-state index contributed by atoms with van der Waals surface area (Å²) >= 11 is 3.54. The Hall–Kier alpha value is -2.90. The van der Waals surface area contributed by atoms with Crippen molar-refractivity contribution in [1.29, 1.82) is 5.26 Å². The van der Waals surface area contributed by atoms with Crippen LogP contribution in [0.25, 0.3) is 4.85 Å². The molecule has 0 radical (unpaired) electrons. The second-order valence-electron chi connectivity index (χ2n) is 6.75. The van der Waals surface area contributed by atoms with Gasteiger partial charge in [-0.2, -0.15) is 10.4 Å². The monoisotopic (exact) mass is 421 g/mol. The van der Waals surface area contributed by atoms with Gasteiger partial charge in [0.25, 0.3) is 0 Å². The van der Waals surface area contributed by atoms with Gasteiger partial charge in [0.1, 0.15) is 17.7 Å². The number of hydrogen-bond donors (Lipinski definition) is 2. The molecular weight excluding hydrogens is 406 g/mol. The molecule has 2 aromatic rings. The maximum Gasteiger partial charge on any atom is 0.196 e. The van der Waals surface area contributed by atoms with Gasteiger partial charge in [0.2, 0.25) is 0 Å². The van der Waals surface area contributed by atoms with Crippen LogP contribution in [0.4, 0.5) is 5.82 Å². The molecule has 1 aromatic carbocycles. The van der Waals surface area contributed by atoms with Crippen LogP contribution in [0.15, 0.2) is 40.3 Å². The highest BCUT2D eigenvalue weighted by Crippen LogP contribution is 2.46. The number of anilines is 1. The molecule has 1 aromatic heterocycles. The minimum Gasteiger partial charge on any atom is -0.353 e. The molecule has 2 heterocycles. The lowest BCUT2D eigenvalue weighted by atomic mass is 9.79. The molecule has 134 valence electrons. The van der Waals surface area contributed by atoms with Gasteiger partial charge in [-0.25, -0.2) is 4.85 Å². The van der Waals surface area contributed by atoms with E-state index in [0.29, 0.717) is 33.7 Å². The van der Waals surface area contributed by atoms with E-state index >= 15 is 0 Å². The SMILES string of the molecule is [C-]#[N+]C1=C(C2CCCCC2=O)Nc2[nH]ncc2C1c1cccc(C#N)c1Br. The van der Waals surface area contributed by atoms with Gasteiger partial charge in [0, 0.05) is 28.1 Å². The van der Waals surface area contributed by atoms with Gasteiger partial charge in [0.05, 0.1) is 24.3 Å². The number of ketones is 1. The van der Waals surface area contributed by atoms with Gasteiger partial charge < -0.3 is 5.32 Å². The van der Waals surface area contributed by atoms with E-state index in [4.69, 9.17) is 6.57 Å². The molecule has 1 aliphatic heterocycles. The molecule has 0 spiro atoms. The third-order valence-corrected chi connectivity index (χ3v) is 6.16. The van der Waals surface area contributed by atoms with Crippen LogP contribution >= 0.6 is 15.9 Å². The van der Waals surface area contributed by atoms with Crippen molar-refractivity contribution in [3.63, 3.8) is 0 Å². The number of halogens is 1. The standard InChI is InChI=1S/C20H16BrN5O/c1-23-19-16(13-7-4-5-11(9-22)17(13)21)14-10-24-26-20(14)25-18(19)12-6-2-3-8-15(12)27/h4-5,7,10,12,16H,2-3,6,8H2,(H2,24,25,26). The molecule has 1 fully saturated rings. The van der Waals surface area contributed by atoms with Crippen molar-refractivity contribution in [2.24, 2.45) is 5.92 Å². The number of benzene rings is 1. The Balaban J connectivity index is 1.93. The molecule has 2 atom stereocenters. The van der Waals surface area contributed by atoms with Crippen LogP contribution in [0.5, 0.6) is 0 Å². The van der Waals surface area contributed by atoms with Crippen LogP contribution in [0.1, 0.15) is 48.3 Å². The third kappa shape index (κ3) is 2.85. The summed E-state index contributed by atoms with van der Waals surface area (Å²) in [6.45, 7) is 7.86. The molecule has 0 amide bonds. The molecule has 27 heavy (non-hydrogen) atoms. The van der Waals surface area contributed by atoms with E-state index in [1.165, 1.54) is 0 Å². The number of carbonyl (C=O) groups is 1. The normalized spacial score (nSPS) is 21.8. The highest BCUT2D eigenvalue weighted by atomic mass is 79.9. The van der Waals surface area contributed by atoms with Crippen LogP contribution < -0.4 is 5.32 Å². The Morgan fingerprint density at radius 2 is 2.19 bits per heavy atom. The largest absolute Gasteiger partial charge is 0.353 e. The Bertz CT molecular complexity index is 1040. The van der Waals surface area contributed by atoms with Crippen LogP contribution in [0.3, 0.4) is 0 Å². The number of allylic oxidation sites excluding steroid dienone is 2. The van der Waals surface area contributed by atoms with Gasteiger partial charge in [-0.1, -0.05) is 18.6 Å². The van der Waals surface area contributed by atoms with Crippen molar-refractivity contribution in [1.82, 2.24) is 10.2 Å². The van der Waals surface area contributed by atoms with Gasteiger partial charge in [-0.15, -0.1) is 0 Å². The number of Topliss-reactive ketones (excluding diaryl/α,β-unsaturated/α-hetero) is 1. The predicted molar refractivity (Wildman–Crippen MR) is 104 cm³/mol. The van der Waals surface area contributed by atoms with Crippen molar-refractivity contribution in [2.45, 2.75) is 31.6 Å². The predicted octanol–water partition coefficient (Wildman–Crippen LogP) is 4.49. The van der Waals surface area contributed by atoms with Crippen molar-refractivity contribution < 1.29 is 4.79 Å². The van der Waals surface area contributed by atoms with Crippen LogP contribution in [0, 0.1) is 23.8 Å². The maximum absolute atomic E-state index is 12.6. The first-order valence-electron chi connectivity index (χ1n) is 8.78. The fourth-order valence-corrected chi connectivity index (χ4v) is 4.55. The van der Waals surface area contributed by atoms with Crippen LogP contribution in [0.2, 0.25) is 0 Å². The summed E-state index contributed by atoms with van der Waals surface area (Å²) in [6.07, 6.45) is 4.87. The van der Waals surface area contributed by atoms with Crippen molar-refractivity contribution >= 4 is 27.5 Å². The summed E-state index contributed by atoms with van der Waals surface area (Å²) in [6, 6.07) is 7.63. The van der Waals surface area contributed by atoms with Gasteiger partial charge >= 0.3 is 0 Å². The molecule has 7 heteroatoms.